The summed E-state index contributed by atoms with van der Waals surface area (Å²) in [6.45, 7) is 2.44. The second kappa shape index (κ2) is 5.28. The molecule has 1 saturated carbocycles. The summed E-state index contributed by atoms with van der Waals surface area (Å²) in [6.07, 6.45) is 6.82. The zero-order valence-electron chi connectivity index (χ0n) is 10.4. The molecule has 1 unspecified atom stereocenters. The highest BCUT2D eigenvalue weighted by atomic mass is 35.5. The van der Waals surface area contributed by atoms with Gasteiger partial charge in [0.05, 0.1) is 11.2 Å². The molecule has 1 fully saturated rings. The van der Waals surface area contributed by atoms with Crippen LogP contribution in [-0.4, -0.2) is 32.4 Å². The molecule has 1 aromatic rings. The van der Waals surface area contributed by atoms with Crippen LogP contribution in [0.5, 0.6) is 0 Å². The van der Waals surface area contributed by atoms with Crippen LogP contribution in [-0.2, 0) is 11.3 Å². The van der Waals surface area contributed by atoms with Crippen molar-refractivity contribution in [2.75, 3.05) is 0 Å². The first kappa shape index (κ1) is 13.4. The van der Waals surface area contributed by atoms with Gasteiger partial charge in [0, 0.05) is 18.8 Å². The van der Waals surface area contributed by atoms with Gasteiger partial charge in [-0.3, -0.25) is 14.8 Å². The number of nitrogens with zero attached hydrogens (tertiary/aromatic N) is 2. The van der Waals surface area contributed by atoms with Gasteiger partial charge in [-0.15, -0.1) is 0 Å². The molecule has 1 aromatic heterocycles. The molecule has 18 heavy (non-hydrogen) atoms. The minimum absolute atomic E-state index is 0.380. The molecule has 1 aliphatic rings. The van der Waals surface area contributed by atoms with Gasteiger partial charge in [-0.05, 0) is 32.6 Å². The van der Waals surface area contributed by atoms with Crippen LogP contribution >= 0.6 is 11.6 Å². The Balaban J connectivity index is 1.83. The van der Waals surface area contributed by atoms with Crippen molar-refractivity contribution in [1.82, 2.24) is 15.1 Å². The fraction of sp³-hybridized carbons (Fsp3) is 0.667. The summed E-state index contributed by atoms with van der Waals surface area (Å²) in [5.41, 5.74) is -0.835. The number of carboxylic acids is 1. The largest absolute Gasteiger partial charge is 0.480 e. The van der Waals surface area contributed by atoms with Crippen LogP contribution < -0.4 is 5.32 Å². The van der Waals surface area contributed by atoms with E-state index in [1.807, 2.05) is 0 Å². The van der Waals surface area contributed by atoms with Crippen molar-refractivity contribution in [3.8, 4) is 0 Å². The van der Waals surface area contributed by atoms with Crippen molar-refractivity contribution in [1.29, 1.82) is 0 Å². The molecule has 2 N–H and O–H groups in total. The Morgan fingerprint density at radius 3 is 2.94 bits per heavy atom. The Bertz CT molecular complexity index is 431. The summed E-state index contributed by atoms with van der Waals surface area (Å²) in [6, 6.07) is 0.380. The highest BCUT2D eigenvalue weighted by Gasteiger charge is 2.37. The third kappa shape index (κ3) is 3.46. The molecular weight excluding hydrogens is 254 g/mol. The normalized spacial score (nSPS) is 18.6. The monoisotopic (exact) mass is 271 g/mol. The van der Waals surface area contributed by atoms with Crippen molar-refractivity contribution < 1.29 is 9.90 Å². The quantitative estimate of drug-likeness (QED) is 0.795. The lowest BCUT2D eigenvalue weighted by Crippen LogP contribution is -2.50. The average molecular weight is 272 g/mol. The smallest absolute Gasteiger partial charge is 0.323 e. The van der Waals surface area contributed by atoms with Crippen molar-refractivity contribution in [3.05, 3.63) is 17.4 Å². The van der Waals surface area contributed by atoms with E-state index in [4.69, 9.17) is 11.6 Å². The summed E-state index contributed by atoms with van der Waals surface area (Å²) in [5.74, 6) is -0.784. The fourth-order valence-corrected chi connectivity index (χ4v) is 2.13. The Labute approximate surface area is 111 Å². The molecule has 0 spiro atoms. The second-order valence-electron chi connectivity index (χ2n) is 5.08. The molecule has 0 saturated heterocycles. The van der Waals surface area contributed by atoms with Gasteiger partial charge in [0.25, 0.3) is 0 Å². The summed E-state index contributed by atoms with van der Waals surface area (Å²) < 4.78 is 1.74. The number of hydrogen-bond donors (Lipinski definition) is 2. The summed E-state index contributed by atoms with van der Waals surface area (Å²) in [7, 11) is 0. The Morgan fingerprint density at radius 2 is 2.44 bits per heavy atom. The molecule has 0 aromatic carbocycles. The first-order chi connectivity index (χ1) is 8.49. The molecule has 0 aliphatic heterocycles. The van der Waals surface area contributed by atoms with E-state index in [0.29, 0.717) is 24.0 Å². The van der Waals surface area contributed by atoms with Gasteiger partial charge in [-0.1, -0.05) is 11.6 Å². The fourth-order valence-electron chi connectivity index (χ4n) is 1.97. The Hall–Kier alpha value is -1.07. The van der Waals surface area contributed by atoms with E-state index < -0.39 is 11.5 Å². The number of carboxylic acid groups (broad SMARTS) is 1. The first-order valence-electron chi connectivity index (χ1n) is 6.19. The molecule has 0 amide bonds. The third-order valence-corrected chi connectivity index (χ3v) is 3.43. The number of aliphatic carboxylic acids is 1. The number of aromatic nitrogens is 2. The van der Waals surface area contributed by atoms with Gasteiger partial charge in [-0.2, -0.15) is 5.10 Å². The summed E-state index contributed by atoms with van der Waals surface area (Å²) in [5, 5.41) is 17.2. The predicted molar refractivity (Wildman–Crippen MR) is 68.7 cm³/mol. The van der Waals surface area contributed by atoms with Crippen LogP contribution in [0.2, 0.25) is 5.02 Å². The van der Waals surface area contributed by atoms with E-state index in [1.165, 1.54) is 0 Å². The average Bonchev–Trinajstić information content (AvgIpc) is 3.00. The van der Waals surface area contributed by atoms with Crippen molar-refractivity contribution >= 4 is 17.6 Å². The van der Waals surface area contributed by atoms with E-state index in [-0.39, 0.29) is 0 Å². The number of carbonyl (C=O) groups is 1. The summed E-state index contributed by atoms with van der Waals surface area (Å²) in [4.78, 5) is 11.3. The second-order valence-corrected chi connectivity index (χ2v) is 5.52. The number of aryl methyl sites for hydroxylation is 1. The lowest BCUT2D eigenvalue weighted by molar-refractivity contribution is -0.144. The number of rotatable bonds is 7. The van der Waals surface area contributed by atoms with Crippen LogP contribution in [0.3, 0.4) is 0 Å². The molecule has 5 nitrogen and oxygen atoms in total. The molecule has 1 aliphatic carbocycles. The van der Waals surface area contributed by atoms with Gasteiger partial charge >= 0.3 is 5.97 Å². The maximum atomic E-state index is 11.3. The Morgan fingerprint density at radius 1 is 1.72 bits per heavy atom. The molecule has 100 valence electrons. The van der Waals surface area contributed by atoms with Crippen molar-refractivity contribution in [3.63, 3.8) is 0 Å². The summed E-state index contributed by atoms with van der Waals surface area (Å²) >= 11 is 5.77. The van der Waals surface area contributed by atoms with Crippen LogP contribution in [0.25, 0.3) is 0 Å². The highest BCUT2D eigenvalue weighted by molar-refractivity contribution is 6.30. The van der Waals surface area contributed by atoms with Gasteiger partial charge < -0.3 is 5.11 Å². The van der Waals surface area contributed by atoms with E-state index >= 15 is 0 Å². The van der Waals surface area contributed by atoms with E-state index in [1.54, 1.807) is 24.0 Å². The van der Waals surface area contributed by atoms with Crippen LogP contribution in [0.15, 0.2) is 12.4 Å². The van der Waals surface area contributed by atoms with Crippen LogP contribution in [0, 0.1) is 0 Å². The number of hydrogen-bond acceptors (Lipinski definition) is 3. The molecular formula is C12H18ClN3O2. The number of halogens is 1. The van der Waals surface area contributed by atoms with Gasteiger partial charge in [0.15, 0.2) is 0 Å². The maximum absolute atomic E-state index is 11.3. The van der Waals surface area contributed by atoms with Crippen LogP contribution in [0.1, 0.15) is 32.6 Å². The van der Waals surface area contributed by atoms with Gasteiger partial charge in [0.2, 0.25) is 0 Å². The minimum atomic E-state index is -0.835. The van der Waals surface area contributed by atoms with Crippen molar-refractivity contribution in [2.24, 2.45) is 0 Å². The predicted octanol–water partition coefficient (Wildman–Crippen LogP) is 1.91. The zero-order chi connectivity index (χ0) is 13.2. The molecule has 1 heterocycles. The Kier molecular flexibility index (Phi) is 3.92. The van der Waals surface area contributed by atoms with Gasteiger partial charge in [0.1, 0.15) is 5.54 Å². The third-order valence-electron chi connectivity index (χ3n) is 3.24. The minimum Gasteiger partial charge on any atom is -0.480 e. The topological polar surface area (TPSA) is 67.2 Å². The van der Waals surface area contributed by atoms with E-state index in [0.717, 1.165) is 19.3 Å². The molecule has 2 rings (SSSR count). The molecule has 0 radical (unpaired) electrons. The van der Waals surface area contributed by atoms with Gasteiger partial charge in [-0.25, -0.2) is 0 Å². The van der Waals surface area contributed by atoms with E-state index in [2.05, 4.69) is 10.4 Å². The standard InChI is InChI=1S/C12H18ClN3O2/c1-12(11(17)18,15-10-3-4-10)5-2-6-16-8-9(13)7-14-16/h7-8,10,15H,2-6H2,1H3,(H,17,18). The molecule has 0 bridgehead atoms. The molecule has 6 heteroatoms. The lowest BCUT2D eigenvalue weighted by atomic mass is 9.95. The molecule has 1 atom stereocenters. The van der Waals surface area contributed by atoms with E-state index in [9.17, 15) is 9.90 Å². The van der Waals surface area contributed by atoms with Crippen LogP contribution in [0.4, 0.5) is 0 Å². The SMILES string of the molecule is CC(CCCn1cc(Cl)cn1)(NC1CC1)C(=O)O. The first-order valence-corrected chi connectivity index (χ1v) is 6.56. The highest BCUT2D eigenvalue weighted by Crippen LogP contribution is 2.25. The maximum Gasteiger partial charge on any atom is 0.323 e. The van der Waals surface area contributed by atoms with Crippen molar-refractivity contribution in [2.45, 2.75) is 50.7 Å². The lowest BCUT2D eigenvalue weighted by Gasteiger charge is -2.26. The zero-order valence-corrected chi connectivity index (χ0v) is 11.2. The number of nitrogens with one attached hydrogen (secondary N) is 1.